The minimum atomic E-state index is -0.930. The number of carbonyl (C=O) groups is 1. The summed E-state index contributed by atoms with van der Waals surface area (Å²) in [7, 11) is 0. The second-order valence-electron chi connectivity index (χ2n) is 3.98. The Morgan fingerprint density at radius 2 is 1.79 bits per heavy atom. The number of benzene rings is 2. The van der Waals surface area contributed by atoms with Gasteiger partial charge in [0.15, 0.2) is 0 Å². The van der Waals surface area contributed by atoms with Gasteiger partial charge in [-0.25, -0.2) is 4.79 Å². The van der Waals surface area contributed by atoms with Gasteiger partial charge in [0, 0.05) is 11.6 Å². The van der Waals surface area contributed by atoms with Crippen molar-refractivity contribution in [1.29, 1.82) is 0 Å². The zero-order chi connectivity index (χ0) is 13.8. The molecule has 0 saturated carbocycles. The molecule has 3 nitrogen and oxygen atoms in total. The molecule has 0 aliphatic carbocycles. The molecular weight excluding hydrogens is 285 g/mol. The molecule has 0 aliphatic rings. The number of anilines is 1. The first-order chi connectivity index (χ1) is 9.06. The Balaban J connectivity index is 2.04. The molecule has 0 radical (unpaired) electrons. The van der Waals surface area contributed by atoms with Crippen molar-refractivity contribution in [3.05, 3.63) is 63.6 Å². The Morgan fingerprint density at radius 1 is 1.11 bits per heavy atom. The number of aromatic carboxylic acids is 1. The van der Waals surface area contributed by atoms with Gasteiger partial charge in [-0.3, -0.25) is 0 Å². The van der Waals surface area contributed by atoms with E-state index in [0.717, 1.165) is 11.3 Å². The number of hydrogen-bond acceptors (Lipinski definition) is 2. The molecule has 0 atom stereocenters. The van der Waals surface area contributed by atoms with Gasteiger partial charge in [-0.2, -0.15) is 0 Å². The van der Waals surface area contributed by atoms with E-state index >= 15 is 0 Å². The second kappa shape index (κ2) is 5.95. The molecular formula is C14H11Cl2NO2. The Bertz CT molecular complexity index is 597. The van der Waals surface area contributed by atoms with Crippen molar-refractivity contribution in [3.8, 4) is 0 Å². The largest absolute Gasteiger partial charge is 0.478 e. The molecule has 19 heavy (non-hydrogen) atoms. The molecule has 2 aromatic carbocycles. The van der Waals surface area contributed by atoms with E-state index in [1.54, 1.807) is 42.5 Å². The van der Waals surface area contributed by atoms with E-state index in [2.05, 4.69) is 5.32 Å². The van der Waals surface area contributed by atoms with Crippen LogP contribution < -0.4 is 5.32 Å². The van der Waals surface area contributed by atoms with Crippen LogP contribution in [0.4, 0.5) is 5.69 Å². The highest BCUT2D eigenvalue weighted by Gasteiger charge is 2.03. The molecule has 0 unspecified atom stereocenters. The summed E-state index contributed by atoms with van der Waals surface area (Å²) in [5.41, 5.74) is 2.03. The average Bonchev–Trinajstić information content (AvgIpc) is 2.38. The molecule has 0 aliphatic heterocycles. The standard InChI is InChI=1S/C14H11Cl2NO2/c15-11-5-6-13(12(16)7-11)17-8-9-1-3-10(4-2-9)14(18)19/h1-7,17H,8H2,(H,18,19). The smallest absolute Gasteiger partial charge is 0.335 e. The van der Waals surface area contributed by atoms with Gasteiger partial charge >= 0.3 is 5.97 Å². The quantitative estimate of drug-likeness (QED) is 0.884. The number of halogens is 2. The molecule has 98 valence electrons. The molecule has 0 bridgehead atoms. The van der Waals surface area contributed by atoms with Crippen LogP contribution >= 0.6 is 23.2 Å². The Labute approximate surface area is 120 Å². The first-order valence-corrected chi connectivity index (χ1v) is 6.33. The topological polar surface area (TPSA) is 49.3 Å². The van der Waals surface area contributed by atoms with Crippen molar-refractivity contribution in [2.24, 2.45) is 0 Å². The predicted molar refractivity (Wildman–Crippen MR) is 77.2 cm³/mol. The summed E-state index contributed by atoms with van der Waals surface area (Å²) in [6.45, 7) is 0.557. The van der Waals surface area contributed by atoms with Gasteiger partial charge in [-0.15, -0.1) is 0 Å². The molecule has 2 N–H and O–H groups in total. The van der Waals surface area contributed by atoms with Crippen LogP contribution in [0.15, 0.2) is 42.5 Å². The molecule has 0 heterocycles. The maximum Gasteiger partial charge on any atom is 0.335 e. The maximum atomic E-state index is 10.7. The minimum absolute atomic E-state index is 0.272. The zero-order valence-electron chi connectivity index (χ0n) is 9.86. The average molecular weight is 296 g/mol. The van der Waals surface area contributed by atoms with Crippen molar-refractivity contribution < 1.29 is 9.90 Å². The van der Waals surface area contributed by atoms with Crippen molar-refractivity contribution in [1.82, 2.24) is 0 Å². The van der Waals surface area contributed by atoms with E-state index in [1.807, 2.05) is 0 Å². The van der Waals surface area contributed by atoms with E-state index < -0.39 is 5.97 Å². The van der Waals surface area contributed by atoms with Gasteiger partial charge in [0.25, 0.3) is 0 Å². The Hall–Kier alpha value is -1.71. The lowest BCUT2D eigenvalue weighted by molar-refractivity contribution is 0.0697. The van der Waals surface area contributed by atoms with Crippen LogP contribution in [-0.4, -0.2) is 11.1 Å². The normalized spacial score (nSPS) is 10.2. The SMILES string of the molecule is O=C(O)c1ccc(CNc2ccc(Cl)cc2Cl)cc1. The van der Waals surface area contributed by atoms with Crippen LogP contribution in [-0.2, 0) is 6.54 Å². The first kappa shape index (κ1) is 13.7. The minimum Gasteiger partial charge on any atom is -0.478 e. The molecule has 2 aromatic rings. The third-order valence-corrected chi connectivity index (χ3v) is 3.16. The molecule has 0 aromatic heterocycles. The lowest BCUT2D eigenvalue weighted by Crippen LogP contribution is -2.01. The van der Waals surface area contributed by atoms with E-state index in [0.29, 0.717) is 16.6 Å². The van der Waals surface area contributed by atoms with Gasteiger partial charge in [0.05, 0.1) is 16.3 Å². The van der Waals surface area contributed by atoms with E-state index in [9.17, 15) is 4.79 Å². The van der Waals surface area contributed by atoms with Gasteiger partial charge in [-0.05, 0) is 35.9 Å². The van der Waals surface area contributed by atoms with Crippen LogP contribution in [0.25, 0.3) is 0 Å². The van der Waals surface area contributed by atoms with E-state index in [1.165, 1.54) is 0 Å². The fourth-order valence-electron chi connectivity index (χ4n) is 1.60. The van der Waals surface area contributed by atoms with E-state index in [4.69, 9.17) is 28.3 Å². The second-order valence-corrected chi connectivity index (χ2v) is 4.82. The number of nitrogens with one attached hydrogen (secondary N) is 1. The first-order valence-electron chi connectivity index (χ1n) is 5.57. The summed E-state index contributed by atoms with van der Waals surface area (Å²) < 4.78 is 0. The lowest BCUT2D eigenvalue weighted by Gasteiger charge is -2.09. The fraction of sp³-hybridized carbons (Fsp3) is 0.0714. The van der Waals surface area contributed by atoms with Crippen molar-refractivity contribution in [2.75, 3.05) is 5.32 Å². The van der Waals surface area contributed by atoms with E-state index in [-0.39, 0.29) is 5.56 Å². The number of rotatable bonds is 4. The van der Waals surface area contributed by atoms with Gasteiger partial charge in [0.1, 0.15) is 0 Å². The molecule has 2 rings (SSSR count). The maximum absolute atomic E-state index is 10.7. The summed E-state index contributed by atoms with van der Waals surface area (Å²) in [5, 5.41) is 13.1. The number of carboxylic acid groups (broad SMARTS) is 1. The van der Waals surface area contributed by atoms with Crippen molar-refractivity contribution in [3.63, 3.8) is 0 Å². The van der Waals surface area contributed by atoms with Crippen LogP contribution in [0.5, 0.6) is 0 Å². The summed E-state index contributed by atoms with van der Waals surface area (Å²) in [6.07, 6.45) is 0. The predicted octanol–water partition coefficient (Wildman–Crippen LogP) is 4.30. The molecule has 0 spiro atoms. The highest BCUT2D eigenvalue weighted by atomic mass is 35.5. The molecule has 5 heteroatoms. The highest BCUT2D eigenvalue weighted by Crippen LogP contribution is 2.25. The third-order valence-electron chi connectivity index (χ3n) is 2.61. The van der Waals surface area contributed by atoms with Crippen molar-refractivity contribution >= 4 is 34.9 Å². The zero-order valence-corrected chi connectivity index (χ0v) is 11.4. The monoisotopic (exact) mass is 295 g/mol. The van der Waals surface area contributed by atoms with Crippen LogP contribution in [0.3, 0.4) is 0 Å². The van der Waals surface area contributed by atoms with Crippen LogP contribution in [0.1, 0.15) is 15.9 Å². The van der Waals surface area contributed by atoms with Gasteiger partial charge < -0.3 is 10.4 Å². The Morgan fingerprint density at radius 3 is 2.37 bits per heavy atom. The van der Waals surface area contributed by atoms with Gasteiger partial charge in [0.2, 0.25) is 0 Å². The van der Waals surface area contributed by atoms with Crippen molar-refractivity contribution in [2.45, 2.75) is 6.54 Å². The molecule has 0 fully saturated rings. The summed E-state index contributed by atoms with van der Waals surface area (Å²) in [5.74, 6) is -0.930. The number of carboxylic acids is 1. The highest BCUT2D eigenvalue weighted by molar-refractivity contribution is 6.36. The van der Waals surface area contributed by atoms with Crippen LogP contribution in [0.2, 0.25) is 10.0 Å². The van der Waals surface area contributed by atoms with Crippen LogP contribution in [0, 0.1) is 0 Å². The summed E-state index contributed by atoms with van der Waals surface area (Å²) >= 11 is 11.9. The molecule has 0 saturated heterocycles. The fourth-order valence-corrected chi connectivity index (χ4v) is 2.07. The third kappa shape index (κ3) is 3.63. The lowest BCUT2D eigenvalue weighted by atomic mass is 10.1. The molecule has 0 amide bonds. The van der Waals surface area contributed by atoms with Gasteiger partial charge in [-0.1, -0.05) is 35.3 Å². The Kier molecular flexibility index (Phi) is 4.30. The summed E-state index contributed by atoms with van der Waals surface area (Å²) in [6, 6.07) is 11.9. The summed E-state index contributed by atoms with van der Waals surface area (Å²) in [4.78, 5) is 10.7. The number of hydrogen-bond donors (Lipinski definition) is 2.